The Balaban J connectivity index is 1.59. The zero-order valence-corrected chi connectivity index (χ0v) is 17.6. The molecule has 0 spiro atoms. The van der Waals surface area contributed by atoms with Crippen molar-refractivity contribution in [2.45, 2.75) is 18.0 Å². The standard InChI is InChI=1S/C23H19ClN2O3S/c24-19-9-6-17(7-10-19)14-26-20-12-18(8-11-21(20)30(29)15-22(26)27)23(28)25-13-16-4-2-1-3-5-16/h1-12H,13-15H2,(H,25,28)/t30-/m1/s1. The monoisotopic (exact) mass is 438 g/mol. The highest BCUT2D eigenvalue weighted by Crippen LogP contribution is 2.31. The molecule has 0 bridgehead atoms. The molecule has 3 aromatic rings. The number of rotatable bonds is 5. The summed E-state index contributed by atoms with van der Waals surface area (Å²) in [7, 11) is -1.43. The Hall–Kier alpha value is -2.96. The van der Waals surface area contributed by atoms with Crippen molar-refractivity contribution in [3.63, 3.8) is 0 Å². The average molecular weight is 439 g/mol. The van der Waals surface area contributed by atoms with Gasteiger partial charge in [-0.05, 0) is 41.5 Å². The second kappa shape index (κ2) is 8.81. The number of fused-ring (bicyclic) bond motifs is 1. The molecule has 2 amide bonds. The van der Waals surface area contributed by atoms with Crippen molar-refractivity contribution in [1.82, 2.24) is 5.32 Å². The molecule has 0 saturated carbocycles. The Kier molecular flexibility index (Phi) is 5.97. The van der Waals surface area contributed by atoms with Crippen LogP contribution in [0.2, 0.25) is 5.02 Å². The molecule has 0 saturated heterocycles. The van der Waals surface area contributed by atoms with Gasteiger partial charge in [0.25, 0.3) is 5.91 Å². The van der Waals surface area contributed by atoms with Crippen LogP contribution in [-0.4, -0.2) is 21.8 Å². The van der Waals surface area contributed by atoms with E-state index in [9.17, 15) is 13.8 Å². The molecule has 3 aromatic carbocycles. The summed E-state index contributed by atoms with van der Waals surface area (Å²) in [5, 5.41) is 3.50. The minimum Gasteiger partial charge on any atom is -0.348 e. The van der Waals surface area contributed by atoms with Gasteiger partial charge in [0.1, 0.15) is 5.75 Å². The van der Waals surface area contributed by atoms with Crippen LogP contribution in [0.3, 0.4) is 0 Å². The zero-order valence-electron chi connectivity index (χ0n) is 16.0. The maximum absolute atomic E-state index is 12.7. The minimum absolute atomic E-state index is 0.0693. The van der Waals surface area contributed by atoms with Crippen molar-refractivity contribution in [2.24, 2.45) is 0 Å². The van der Waals surface area contributed by atoms with E-state index in [4.69, 9.17) is 11.6 Å². The number of amides is 2. The minimum atomic E-state index is -1.43. The van der Waals surface area contributed by atoms with Crippen molar-refractivity contribution >= 4 is 39.9 Å². The zero-order chi connectivity index (χ0) is 21.1. The molecular formula is C23H19ClN2O3S. The number of halogens is 1. The molecule has 1 aliphatic heterocycles. The van der Waals surface area contributed by atoms with Crippen LogP contribution in [0.5, 0.6) is 0 Å². The van der Waals surface area contributed by atoms with Crippen LogP contribution in [0.4, 0.5) is 5.69 Å². The van der Waals surface area contributed by atoms with E-state index < -0.39 is 10.8 Å². The lowest BCUT2D eigenvalue weighted by Gasteiger charge is -2.29. The number of nitrogens with one attached hydrogen (secondary N) is 1. The van der Waals surface area contributed by atoms with Crippen LogP contribution in [-0.2, 0) is 28.7 Å². The van der Waals surface area contributed by atoms with E-state index in [1.807, 2.05) is 42.5 Å². The van der Waals surface area contributed by atoms with E-state index in [0.29, 0.717) is 34.3 Å². The first-order valence-corrected chi connectivity index (χ1v) is 11.1. The molecule has 1 N–H and O–H groups in total. The summed E-state index contributed by atoms with van der Waals surface area (Å²) in [5.74, 6) is -0.560. The third-order valence-corrected chi connectivity index (χ3v) is 6.46. The van der Waals surface area contributed by atoms with Gasteiger partial charge in [-0.2, -0.15) is 0 Å². The highest BCUT2D eigenvalue weighted by atomic mass is 35.5. The van der Waals surface area contributed by atoms with Crippen molar-refractivity contribution in [3.8, 4) is 0 Å². The fourth-order valence-corrected chi connectivity index (χ4v) is 4.57. The number of hydrogen-bond acceptors (Lipinski definition) is 3. The summed E-state index contributed by atoms with van der Waals surface area (Å²) in [6.07, 6.45) is 0. The SMILES string of the molecule is O=C(NCc1ccccc1)c1ccc2c(c1)N(Cc1ccc(Cl)cc1)C(=O)C[S@]2=O. The molecule has 1 heterocycles. The molecule has 0 fully saturated rings. The fraction of sp³-hybridized carbons (Fsp3) is 0.130. The summed E-state index contributed by atoms with van der Waals surface area (Å²) >= 11 is 5.95. The summed E-state index contributed by atoms with van der Waals surface area (Å²) in [6, 6.07) is 21.8. The van der Waals surface area contributed by atoms with E-state index in [-0.39, 0.29) is 17.6 Å². The van der Waals surface area contributed by atoms with Crippen molar-refractivity contribution in [2.75, 3.05) is 10.7 Å². The third-order valence-electron chi connectivity index (χ3n) is 4.86. The van der Waals surface area contributed by atoms with Crippen LogP contribution < -0.4 is 10.2 Å². The lowest BCUT2D eigenvalue weighted by Crippen LogP contribution is -2.38. The fourth-order valence-electron chi connectivity index (χ4n) is 3.29. The predicted molar refractivity (Wildman–Crippen MR) is 118 cm³/mol. The Morgan fingerprint density at radius 2 is 1.73 bits per heavy atom. The molecule has 7 heteroatoms. The van der Waals surface area contributed by atoms with E-state index in [0.717, 1.165) is 11.1 Å². The van der Waals surface area contributed by atoms with Gasteiger partial charge < -0.3 is 10.2 Å². The highest BCUT2D eigenvalue weighted by Gasteiger charge is 2.30. The van der Waals surface area contributed by atoms with Gasteiger partial charge in [-0.25, -0.2) is 0 Å². The molecule has 30 heavy (non-hydrogen) atoms. The summed E-state index contributed by atoms with van der Waals surface area (Å²) < 4.78 is 12.5. The van der Waals surface area contributed by atoms with Crippen LogP contribution >= 0.6 is 11.6 Å². The largest absolute Gasteiger partial charge is 0.348 e. The molecule has 4 rings (SSSR count). The summed E-state index contributed by atoms with van der Waals surface area (Å²) in [5.41, 5.74) is 2.80. The van der Waals surface area contributed by atoms with Gasteiger partial charge in [-0.3, -0.25) is 13.8 Å². The number of anilines is 1. The first kappa shape index (κ1) is 20.3. The van der Waals surface area contributed by atoms with Gasteiger partial charge in [-0.15, -0.1) is 0 Å². The average Bonchev–Trinajstić information content (AvgIpc) is 2.76. The highest BCUT2D eigenvalue weighted by molar-refractivity contribution is 7.86. The second-order valence-electron chi connectivity index (χ2n) is 6.95. The van der Waals surface area contributed by atoms with Crippen molar-refractivity contribution in [1.29, 1.82) is 0 Å². The maximum atomic E-state index is 12.7. The van der Waals surface area contributed by atoms with Crippen LogP contribution in [0.25, 0.3) is 0 Å². The number of nitrogens with zero attached hydrogens (tertiary/aromatic N) is 1. The van der Waals surface area contributed by atoms with Crippen LogP contribution in [0, 0.1) is 0 Å². The number of hydrogen-bond donors (Lipinski definition) is 1. The Bertz CT molecular complexity index is 1120. The van der Waals surface area contributed by atoms with Gasteiger partial charge in [0.15, 0.2) is 0 Å². The van der Waals surface area contributed by atoms with Gasteiger partial charge >= 0.3 is 0 Å². The predicted octanol–water partition coefficient (Wildman–Crippen LogP) is 3.92. The molecule has 0 aliphatic carbocycles. The lowest BCUT2D eigenvalue weighted by atomic mass is 10.1. The Morgan fingerprint density at radius 1 is 1.00 bits per heavy atom. The molecule has 1 atom stereocenters. The molecule has 0 aromatic heterocycles. The molecule has 0 unspecified atom stereocenters. The normalized spacial score (nSPS) is 15.6. The second-order valence-corrected chi connectivity index (χ2v) is 8.80. The first-order chi connectivity index (χ1) is 14.5. The van der Waals surface area contributed by atoms with E-state index in [1.54, 1.807) is 35.2 Å². The van der Waals surface area contributed by atoms with Crippen molar-refractivity contribution < 1.29 is 13.8 Å². The lowest BCUT2D eigenvalue weighted by molar-refractivity contribution is -0.116. The topological polar surface area (TPSA) is 66.5 Å². The summed E-state index contributed by atoms with van der Waals surface area (Å²) in [6.45, 7) is 0.714. The third kappa shape index (κ3) is 4.45. The quantitative estimate of drug-likeness (QED) is 0.656. The van der Waals surface area contributed by atoms with Gasteiger partial charge in [0.05, 0.1) is 27.9 Å². The Morgan fingerprint density at radius 3 is 2.47 bits per heavy atom. The first-order valence-electron chi connectivity index (χ1n) is 9.40. The van der Waals surface area contributed by atoms with Gasteiger partial charge in [-0.1, -0.05) is 54.1 Å². The smallest absolute Gasteiger partial charge is 0.251 e. The number of carbonyl (C=O) groups excluding carboxylic acids is 2. The van der Waals surface area contributed by atoms with E-state index in [1.165, 1.54) is 0 Å². The Labute approximate surface area is 182 Å². The van der Waals surface area contributed by atoms with Crippen molar-refractivity contribution in [3.05, 3.63) is 94.5 Å². The van der Waals surface area contributed by atoms with Crippen LogP contribution in [0.1, 0.15) is 21.5 Å². The number of carbonyl (C=O) groups is 2. The van der Waals surface area contributed by atoms with E-state index in [2.05, 4.69) is 5.32 Å². The number of benzene rings is 3. The molecular weight excluding hydrogens is 420 g/mol. The molecule has 0 radical (unpaired) electrons. The molecule has 1 aliphatic rings. The maximum Gasteiger partial charge on any atom is 0.251 e. The van der Waals surface area contributed by atoms with Gasteiger partial charge in [0.2, 0.25) is 5.91 Å². The van der Waals surface area contributed by atoms with Gasteiger partial charge in [0, 0.05) is 17.1 Å². The molecule has 152 valence electrons. The van der Waals surface area contributed by atoms with Crippen LogP contribution in [0.15, 0.2) is 77.7 Å². The summed E-state index contributed by atoms with van der Waals surface area (Å²) in [4.78, 5) is 27.4. The molecule has 5 nitrogen and oxygen atoms in total. The van der Waals surface area contributed by atoms with E-state index >= 15 is 0 Å².